The van der Waals surface area contributed by atoms with Gasteiger partial charge in [0, 0.05) is 18.2 Å². The van der Waals surface area contributed by atoms with Gasteiger partial charge in [-0.1, -0.05) is 11.3 Å². The normalized spacial score (nSPS) is 12.9. The number of halogens is 1. The maximum atomic E-state index is 15.1. The summed E-state index contributed by atoms with van der Waals surface area (Å²) in [7, 11) is 1.52. The van der Waals surface area contributed by atoms with Crippen molar-refractivity contribution in [2.75, 3.05) is 19.0 Å². The first-order valence-corrected chi connectivity index (χ1v) is 14.9. The van der Waals surface area contributed by atoms with Crippen LogP contribution in [0.5, 0.6) is 11.8 Å². The van der Waals surface area contributed by atoms with Crippen molar-refractivity contribution in [3.05, 3.63) is 54.0 Å². The molecule has 0 radical (unpaired) electrons. The van der Waals surface area contributed by atoms with E-state index in [2.05, 4.69) is 40.5 Å². The van der Waals surface area contributed by atoms with Crippen LogP contribution in [0.3, 0.4) is 0 Å². The molecule has 5 aromatic rings. The van der Waals surface area contributed by atoms with E-state index >= 15 is 4.39 Å². The number of carbonyl (C=O) groups is 2. The maximum Gasteiger partial charge on any atom is 0.412 e. The van der Waals surface area contributed by atoms with Gasteiger partial charge in [-0.05, 0) is 52.3 Å². The number of thiazole rings is 1. The number of hydrogen-bond donors (Lipinski definition) is 3. The van der Waals surface area contributed by atoms with Crippen LogP contribution in [-0.4, -0.2) is 78.5 Å². The Morgan fingerprint density at radius 2 is 1.76 bits per heavy atom. The molecule has 4 heterocycles. The third-order valence-electron chi connectivity index (χ3n) is 6.55. The lowest BCUT2D eigenvalue weighted by atomic mass is 10.1. The predicted molar refractivity (Wildman–Crippen MR) is 168 cm³/mol. The Kier molecular flexibility index (Phi) is 9.20. The van der Waals surface area contributed by atoms with E-state index < -0.39 is 35.6 Å². The minimum absolute atomic E-state index is 0.00891. The standard InChI is InChI=1S/C30H31FN8O6S/c1-14-7-18(23-20(8-14)37-22(43-6)12-32-23)27-38-21-9-19(31)26(39-28(21)46-27)44-15(2)16(3)45-29(41)36-17-10-33-24(34-11-17)25(40)35-13-30(4,5)42/h7-12,15-16,42H,13H2,1-6H3,(H,35,40)(H,36,41)/t15-,16+/m0/s1. The number of benzene rings is 1. The predicted octanol–water partition coefficient (Wildman–Crippen LogP) is 4.45. The molecular weight excluding hydrogens is 619 g/mol. The van der Waals surface area contributed by atoms with Crippen molar-refractivity contribution < 1.29 is 33.3 Å². The Balaban J connectivity index is 1.23. The number of rotatable bonds is 10. The first-order valence-electron chi connectivity index (χ1n) is 14.1. The van der Waals surface area contributed by atoms with Crippen molar-refractivity contribution in [2.45, 2.75) is 52.4 Å². The molecule has 0 saturated heterocycles. The lowest BCUT2D eigenvalue weighted by molar-refractivity contribution is 0.0379. The molecule has 3 N–H and O–H groups in total. The van der Waals surface area contributed by atoms with Gasteiger partial charge in [-0.2, -0.15) is 4.98 Å². The summed E-state index contributed by atoms with van der Waals surface area (Å²) in [5, 5.41) is 15.3. The van der Waals surface area contributed by atoms with Crippen LogP contribution >= 0.6 is 11.3 Å². The topological polar surface area (TPSA) is 183 Å². The van der Waals surface area contributed by atoms with E-state index in [9.17, 15) is 14.7 Å². The van der Waals surface area contributed by atoms with E-state index in [0.29, 0.717) is 32.3 Å². The average Bonchev–Trinajstić information content (AvgIpc) is 3.41. The number of nitrogens with one attached hydrogen (secondary N) is 2. The third-order valence-corrected chi connectivity index (χ3v) is 7.55. The highest BCUT2D eigenvalue weighted by Crippen LogP contribution is 2.35. The summed E-state index contributed by atoms with van der Waals surface area (Å²) in [5.41, 5.74) is 2.35. The molecule has 0 aliphatic heterocycles. The molecule has 14 nitrogen and oxygen atoms in total. The lowest BCUT2D eigenvalue weighted by Crippen LogP contribution is -2.38. The van der Waals surface area contributed by atoms with Gasteiger partial charge in [0.15, 0.2) is 5.82 Å². The summed E-state index contributed by atoms with van der Waals surface area (Å²) in [6.07, 6.45) is 1.54. The first kappa shape index (κ1) is 32.3. The highest BCUT2D eigenvalue weighted by molar-refractivity contribution is 7.21. The number of anilines is 1. The quantitative estimate of drug-likeness (QED) is 0.193. The van der Waals surface area contributed by atoms with Crippen LogP contribution in [0.15, 0.2) is 36.8 Å². The van der Waals surface area contributed by atoms with Crippen LogP contribution < -0.4 is 20.1 Å². The van der Waals surface area contributed by atoms with Gasteiger partial charge in [-0.25, -0.2) is 34.1 Å². The fourth-order valence-electron chi connectivity index (χ4n) is 4.10. The van der Waals surface area contributed by atoms with Crippen molar-refractivity contribution in [1.29, 1.82) is 0 Å². The Labute approximate surface area is 266 Å². The summed E-state index contributed by atoms with van der Waals surface area (Å²) >= 11 is 1.25. The SMILES string of the molecule is COc1cnc2c(-c3nc4cc(F)c(O[C@@H](C)[C@@H](C)OC(=O)Nc5cnc(C(=O)NCC(C)(C)O)nc5)nc4s3)cc(C)cc2n1. The molecular formula is C30H31FN8O6S. The number of pyridine rings is 1. The van der Waals surface area contributed by atoms with Gasteiger partial charge < -0.3 is 24.6 Å². The van der Waals surface area contributed by atoms with Gasteiger partial charge in [0.05, 0.1) is 48.0 Å². The van der Waals surface area contributed by atoms with Crippen LogP contribution in [0.2, 0.25) is 0 Å². The number of aryl methyl sites for hydroxylation is 1. The van der Waals surface area contributed by atoms with E-state index in [1.165, 1.54) is 43.1 Å². The fraction of sp³-hybridized carbons (Fsp3) is 0.333. The molecule has 4 aromatic heterocycles. The van der Waals surface area contributed by atoms with E-state index in [1.807, 2.05) is 19.1 Å². The molecule has 0 bridgehead atoms. The third kappa shape index (κ3) is 7.58. The van der Waals surface area contributed by atoms with E-state index in [-0.39, 0.29) is 23.9 Å². The molecule has 5 rings (SSSR count). The van der Waals surface area contributed by atoms with Gasteiger partial charge in [-0.3, -0.25) is 10.1 Å². The Morgan fingerprint density at radius 3 is 2.46 bits per heavy atom. The average molecular weight is 651 g/mol. The zero-order valence-corrected chi connectivity index (χ0v) is 26.6. The Hall–Kier alpha value is -5.09. The highest BCUT2D eigenvalue weighted by atomic mass is 32.1. The molecule has 0 fully saturated rings. The molecule has 0 spiro atoms. The van der Waals surface area contributed by atoms with Crippen LogP contribution in [0.4, 0.5) is 14.9 Å². The van der Waals surface area contributed by atoms with E-state index in [1.54, 1.807) is 27.7 Å². The van der Waals surface area contributed by atoms with E-state index in [4.69, 9.17) is 14.2 Å². The molecule has 2 atom stereocenters. The van der Waals surface area contributed by atoms with Gasteiger partial charge in [-0.15, -0.1) is 0 Å². The smallest absolute Gasteiger partial charge is 0.412 e. The Bertz CT molecular complexity index is 1910. The number of ether oxygens (including phenoxy) is 3. The minimum Gasteiger partial charge on any atom is -0.480 e. The van der Waals surface area contributed by atoms with Crippen molar-refractivity contribution in [3.63, 3.8) is 0 Å². The number of fused-ring (bicyclic) bond motifs is 2. The van der Waals surface area contributed by atoms with Crippen molar-refractivity contribution >= 4 is 50.4 Å². The number of carbonyl (C=O) groups excluding carboxylic acids is 2. The van der Waals surface area contributed by atoms with Crippen LogP contribution in [-0.2, 0) is 4.74 Å². The minimum atomic E-state index is -1.10. The number of methoxy groups -OCH3 is 1. The maximum absolute atomic E-state index is 15.1. The zero-order chi connectivity index (χ0) is 33.2. The van der Waals surface area contributed by atoms with Gasteiger partial charge >= 0.3 is 6.09 Å². The molecule has 0 unspecified atom stereocenters. The number of aliphatic hydroxyl groups is 1. The zero-order valence-electron chi connectivity index (χ0n) is 25.8. The number of aromatic nitrogens is 6. The van der Waals surface area contributed by atoms with Crippen LogP contribution in [0.25, 0.3) is 32.0 Å². The molecule has 2 amide bonds. The largest absolute Gasteiger partial charge is 0.480 e. The molecule has 16 heteroatoms. The van der Waals surface area contributed by atoms with Crippen molar-refractivity contribution in [1.82, 2.24) is 35.2 Å². The molecule has 0 saturated carbocycles. The van der Waals surface area contributed by atoms with Crippen molar-refractivity contribution in [2.24, 2.45) is 0 Å². The van der Waals surface area contributed by atoms with Crippen LogP contribution in [0, 0.1) is 12.7 Å². The van der Waals surface area contributed by atoms with E-state index in [0.717, 1.165) is 11.1 Å². The van der Waals surface area contributed by atoms with Gasteiger partial charge in [0.1, 0.15) is 27.6 Å². The van der Waals surface area contributed by atoms with Crippen molar-refractivity contribution in [3.8, 4) is 22.3 Å². The Morgan fingerprint density at radius 1 is 1.02 bits per heavy atom. The molecule has 0 aliphatic rings. The number of nitrogens with zero attached hydrogens (tertiary/aromatic N) is 6. The second-order valence-corrected chi connectivity index (χ2v) is 12.0. The highest BCUT2D eigenvalue weighted by Gasteiger charge is 2.23. The number of amides is 2. The molecule has 46 heavy (non-hydrogen) atoms. The monoisotopic (exact) mass is 650 g/mol. The fourth-order valence-corrected chi connectivity index (χ4v) is 5.03. The number of hydrogen-bond acceptors (Lipinski definition) is 13. The summed E-state index contributed by atoms with van der Waals surface area (Å²) in [5.74, 6) is -1.33. The summed E-state index contributed by atoms with van der Waals surface area (Å²) in [4.78, 5) is 50.8. The first-order chi connectivity index (χ1) is 21.8. The molecule has 240 valence electrons. The summed E-state index contributed by atoms with van der Waals surface area (Å²) in [6, 6.07) is 5.06. The molecule has 0 aliphatic carbocycles. The summed E-state index contributed by atoms with van der Waals surface area (Å²) in [6.45, 7) is 8.22. The lowest BCUT2D eigenvalue weighted by Gasteiger charge is -2.21. The van der Waals surface area contributed by atoms with Gasteiger partial charge in [0.2, 0.25) is 11.7 Å². The van der Waals surface area contributed by atoms with Crippen LogP contribution in [0.1, 0.15) is 43.9 Å². The second-order valence-electron chi connectivity index (χ2n) is 11.1. The summed E-state index contributed by atoms with van der Waals surface area (Å²) < 4.78 is 31.4. The molecule has 1 aromatic carbocycles. The van der Waals surface area contributed by atoms with Gasteiger partial charge in [0.25, 0.3) is 11.8 Å². The second kappa shape index (κ2) is 13.1.